The molecule has 0 aliphatic heterocycles. The monoisotopic (exact) mass is 210 g/mol. The molecule has 0 aromatic heterocycles. The first-order chi connectivity index (χ1) is 6.86. The van der Waals surface area contributed by atoms with Crippen molar-refractivity contribution in [3.8, 4) is 0 Å². The average molecular weight is 210 g/mol. The highest BCUT2D eigenvalue weighted by atomic mass is 16.2. The molecular weight excluding hydrogens is 192 g/mol. The van der Waals surface area contributed by atoms with E-state index in [-0.39, 0.29) is 35.6 Å². The Kier molecular flexibility index (Phi) is 3.42. The molecule has 1 aliphatic carbocycles. The molecule has 0 spiro atoms. The van der Waals surface area contributed by atoms with Crippen LogP contribution in [0.15, 0.2) is 0 Å². The quantitative estimate of drug-likeness (QED) is 0.651. The van der Waals surface area contributed by atoms with Crippen molar-refractivity contribution in [3.63, 3.8) is 0 Å². The van der Waals surface area contributed by atoms with Gasteiger partial charge >= 0.3 is 0 Å². The fourth-order valence-electron chi connectivity index (χ4n) is 2.30. The van der Waals surface area contributed by atoms with E-state index in [1.807, 2.05) is 27.7 Å². The summed E-state index contributed by atoms with van der Waals surface area (Å²) in [6, 6.07) is 0. The minimum Gasteiger partial charge on any atom is -0.298 e. The van der Waals surface area contributed by atoms with Crippen LogP contribution in [0.5, 0.6) is 0 Å². The molecule has 2 atom stereocenters. The molecule has 1 aliphatic rings. The van der Waals surface area contributed by atoms with Crippen LogP contribution in [0.2, 0.25) is 0 Å². The van der Waals surface area contributed by atoms with E-state index in [1.54, 1.807) is 0 Å². The van der Waals surface area contributed by atoms with Crippen molar-refractivity contribution in [2.24, 2.45) is 23.7 Å². The topological polar surface area (TPSA) is 51.2 Å². The Labute approximate surface area is 90.2 Å². The smallest absolute Gasteiger partial charge is 0.154 e. The Morgan fingerprint density at radius 3 is 1.47 bits per heavy atom. The molecule has 2 unspecified atom stereocenters. The lowest BCUT2D eigenvalue weighted by Gasteiger charge is -2.30. The number of hydrogen-bond acceptors (Lipinski definition) is 3. The molecule has 0 radical (unpaired) electrons. The van der Waals surface area contributed by atoms with Gasteiger partial charge in [0.15, 0.2) is 17.3 Å². The Bertz CT molecular complexity index is 274. The maximum absolute atomic E-state index is 12.0. The molecule has 0 N–H and O–H groups in total. The number of carbonyl (C=O) groups excluding carboxylic acids is 3. The molecule has 0 saturated heterocycles. The van der Waals surface area contributed by atoms with E-state index < -0.39 is 11.8 Å². The van der Waals surface area contributed by atoms with Crippen molar-refractivity contribution in [1.82, 2.24) is 0 Å². The first-order valence-corrected chi connectivity index (χ1v) is 5.45. The predicted molar refractivity (Wildman–Crippen MR) is 56.3 cm³/mol. The van der Waals surface area contributed by atoms with E-state index >= 15 is 0 Å². The molecule has 1 rings (SSSR count). The fourth-order valence-corrected chi connectivity index (χ4v) is 2.30. The largest absolute Gasteiger partial charge is 0.298 e. The maximum atomic E-state index is 12.0. The SMILES string of the molecule is CC(C)C1C(=O)CC(=O)C(C(C)C)C1=O. The standard InChI is InChI=1S/C12H18O3/c1-6(2)10-8(13)5-9(14)11(7(3)4)12(10)15/h6-7,10-11H,5H2,1-4H3. The van der Waals surface area contributed by atoms with Gasteiger partial charge in [-0.05, 0) is 11.8 Å². The number of hydrogen-bond donors (Lipinski definition) is 0. The zero-order valence-electron chi connectivity index (χ0n) is 9.74. The summed E-state index contributed by atoms with van der Waals surface area (Å²) in [4.78, 5) is 35.2. The second kappa shape index (κ2) is 4.25. The van der Waals surface area contributed by atoms with E-state index in [9.17, 15) is 14.4 Å². The molecule has 1 saturated carbocycles. The lowest BCUT2D eigenvalue weighted by atomic mass is 9.70. The minimum absolute atomic E-state index is 0.000602. The van der Waals surface area contributed by atoms with Crippen molar-refractivity contribution in [1.29, 1.82) is 0 Å². The molecule has 84 valence electrons. The number of ketones is 3. The molecule has 3 nitrogen and oxygen atoms in total. The third-order valence-electron chi connectivity index (χ3n) is 2.99. The predicted octanol–water partition coefficient (Wildman–Crippen LogP) is 1.64. The van der Waals surface area contributed by atoms with Crippen molar-refractivity contribution in [3.05, 3.63) is 0 Å². The lowest BCUT2D eigenvalue weighted by molar-refractivity contribution is -0.148. The summed E-state index contributed by atoms with van der Waals surface area (Å²) in [7, 11) is 0. The molecule has 0 aromatic carbocycles. The zero-order chi connectivity index (χ0) is 11.7. The first kappa shape index (κ1) is 12.1. The molecule has 3 heteroatoms. The van der Waals surface area contributed by atoms with Crippen LogP contribution in [0.1, 0.15) is 34.1 Å². The molecular formula is C12H18O3. The van der Waals surface area contributed by atoms with Gasteiger partial charge in [-0.25, -0.2) is 0 Å². The molecule has 0 heterocycles. The molecule has 0 amide bonds. The molecule has 1 fully saturated rings. The zero-order valence-corrected chi connectivity index (χ0v) is 9.74. The summed E-state index contributed by atoms with van der Waals surface area (Å²) in [6.07, 6.45) is -0.0581. The van der Waals surface area contributed by atoms with E-state index in [0.717, 1.165) is 0 Å². The first-order valence-electron chi connectivity index (χ1n) is 5.45. The molecule has 0 aromatic rings. The minimum atomic E-state index is -0.560. The van der Waals surface area contributed by atoms with Crippen LogP contribution >= 0.6 is 0 Å². The van der Waals surface area contributed by atoms with Crippen molar-refractivity contribution in [2.75, 3.05) is 0 Å². The number of carbonyl (C=O) groups is 3. The van der Waals surface area contributed by atoms with Crippen LogP contribution in [0.25, 0.3) is 0 Å². The van der Waals surface area contributed by atoms with Gasteiger partial charge in [0.25, 0.3) is 0 Å². The van der Waals surface area contributed by atoms with E-state index in [4.69, 9.17) is 0 Å². The summed E-state index contributed by atoms with van der Waals surface area (Å²) < 4.78 is 0. The highest BCUT2D eigenvalue weighted by Gasteiger charge is 2.44. The van der Waals surface area contributed by atoms with Gasteiger partial charge in [0.1, 0.15) is 0 Å². The summed E-state index contributed by atoms with van der Waals surface area (Å²) >= 11 is 0. The van der Waals surface area contributed by atoms with Gasteiger partial charge in [0, 0.05) is 0 Å². The highest BCUT2D eigenvalue weighted by molar-refractivity contribution is 6.22. The van der Waals surface area contributed by atoms with Crippen LogP contribution in [-0.2, 0) is 14.4 Å². The van der Waals surface area contributed by atoms with Crippen LogP contribution in [0.3, 0.4) is 0 Å². The second-order valence-corrected chi connectivity index (χ2v) is 4.96. The summed E-state index contributed by atoms with van der Waals surface area (Å²) in [5, 5.41) is 0. The highest BCUT2D eigenvalue weighted by Crippen LogP contribution is 2.30. The van der Waals surface area contributed by atoms with E-state index in [1.165, 1.54) is 0 Å². The Hall–Kier alpha value is -0.990. The van der Waals surface area contributed by atoms with E-state index in [2.05, 4.69) is 0 Å². The van der Waals surface area contributed by atoms with Crippen LogP contribution in [0.4, 0.5) is 0 Å². The summed E-state index contributed by atoms with van der Waals surface area (Å²) in [5.41, 5.74) is 0. The van der Waals surface area contributed by atoms with Crippen LogP contribution < -0.4 is 0 Å². The summed E-state index contributed by atoms with van der Waals surface area (Å²) in [6.45, 7) is 7.42. The number of rotatable bonds is 2. The van der Waals surface area contributed by atoms with Crippen molar-refractivity contribution < 1.29 is 14.4 Å². The van der Waals surface area contributed by atoms with Gasteiger partial charge in [-0.15, -0.1) is 0 Å². The van der Waals surface area contributed by atoms with Gasteiger partial charge in [-0.3, -0.25) is 14.4 Å². The van der Waals surface area contributed by atoms with Crippen molar-refractivity contribution >= 4 is 17.3 Å². The van der Waals surface area contributed by atoms with Crippen LogP contribution in [0, 0.1) is 23.7 Å². The summed E-state index contributed by atoms with van der Waals surface area (Å²) in [5.74, 6) is -1.68. The maximum Gasteiger partial charge on any atom is 0.154 e. The Morgan fingerprint density at radius 2 is 1.20 bits per heavy atom. The third kappa shape index (κ3) is 2.16. The van der Waals surface area contributed by atoms with E-state index in [0.29, 0.717) is 0 Å². The molecule has 15 heavy (non-hydrogen) atoms. The van der Waals surface area contributed by atoms with Gasteiger partial charge in [-0.2, -0.15) is 0 Å². The second-order valence-electron chi connectivity index (χ2n) is 4.96. The fraction of sp³-hybridized carbons (Fsp3) is 0.750. The lowest BCUT2D eigenvalue weighted by Crippen LogP contribution is -2.45. The number of Topliss-reactive ketones (excluding diaryl/α,β-unsaturated/α-hetero) is 3. The normalized spacial score (nSPS) is 28.0. The third-order valence-corrected chi connectivity index (χ3v) is 2.99. The molecule has 0 bridgehead atoms. The van der Waals surface area contributed by atoms with Gasteiger partial charge in [0.05, 0.1) is 18.3 Å². The average Bonchev–Trinajstić information content (AvgIpc) is 1.99. The van der Waals surface area contributed by atoms with Gasteiger partial charge in [-0.1, -0.05) is 27.7 Å². The van der Waals surface area contributed by atoms with Crippen molar-refractivity contribution in [2.45, 2.75) is 34.1 Å². The van der Waals surface area contributed by atoms with Gasteiger partial charge in [0.2, 0.25) is 0 Å². The van der Waals surface area contributed by atoms with Gasteiger partial charge < -0.3 is 0 Å². The van der Waals surface area contributed by atoms with Crippen LogP contribution in [-0.4, -0.2) is 17.3 Å². The Morgan fingerprint density at radius 1 is 0.867 bits per heavy atom. The Balaban J connectivity index is 3.00.